The number of carbonyl (C=O) groups excluding carboxylic acids is 1. The molecule has 0 fully saturated rings. The van der Waals surface area contributed by atoms with Crippen molar-refractivity contribution >= 4 is 11.6 Å². The second-order valence-electron chi connectivity index (χ2n) is 5.28. The Morgan fingerprint density at radius 3 is 2.61 bits per heavy atom. The van der Waals surface area contributed by atoms with Gasteiger partial charge in [0.05, 0.1) is 0 Å². The molecule has 1 aromatic rings. The zero-order valence-electron chi connectivity index (χ0n) is 11.6. The molecule has 0 atom stereocenters. The molecule has 0 bridgehead atoms. The van der Waals surface area contributed by atoms with Gasteiger partial charge in [-0.25, -0.2) is 0 Å². The summed E-state index contributed by atoms with van der Waals surface area (Å²) in [6.45, 7) is 7.11. The molecule has 1 rings (SSSR count). The van der Waals surface area contributed by atoms with Crippen molar-refractivity contribution in [2.45, 2.75) is 40.0 Å². The molecule has 0 aliphatic heterocycles. The molecule has 0 saturated carbocycles. The first-order valence-electron chi connectivity index (χ1n) is 6.64. The van der Waals surface area contributed by atoms with Gasteiger partial charge >= 0.3 is 0 Å². The molecule has 0 aromatic heterocycles. The Morgan fingerprint density at radius 2 is 2.00 bits per heavy atom. The average Bonchev–Trinajstić information content (AvgIpc) is 2.26. The molecule has 0 radical (unpaired) electrons. The predicted molar refractivity (Wildman–Crippen MR) is 76.6 cm³/mol. The molecule has 100 valence electrons. The Kier molecular flexibility index (Phi) is 5.69. The van der Waals surface area contributed by atoms with Crippen molar-refractivity contribution in [3.63, 3.8) is 0 Å². The first-order chi connectivity index (χ1) is 8.49. The fourth-order valence-electron chi connectivity index (χ4n) is 1.93. The van der Waals surface area contributed by atoms with Crippen molar-refractivity contribution < 1.29 is 4.79 Å². The highest BCUT2D eigenvalue weighted by Gasteiger charge is 2.06. The largest absolute Gasteiger partial charge is 0.399 e. The molecule has 1 amide bonds. The van der Waals surface area contributed by atoms with E-state index in [1.54, 1.807) is 6.07 Å². The van der Waals surface area contributed by atoms with Crippen LogP contribution in [0.4, 0.5) is 5.69 Å². The third kappa shape index (κ3) is 5.21. The van der Waals surface area contributed by atoms with Crippen LogP contribution in [0.2, 0.25) is 0 Å². The molecule has 0 heterocycles. The fraction of sp³-hybridized carbons (Fsp3) is 0.533. The third-order valence-electron chi connectivity index (χ3n) is 2.86. The maximum Gasteiger partial charge on any atom is 0.251 e. The summed E-state index contributed by atoms with van der Waals surface area (Å²) < 4.78 is 0. The van der Waals surface area contributed by atoms with Crippen LogP contribution in [-0.4, -0.2) is 12.5 Å². The number of amides is 1. The summed E-state index contributed by atoms with van der Waals surface area (Å²) in [6, 6.07) is 5.44. The van der Waals surface area contributed by atoms with E-state index in [1.165, 1.54) is 6.42 Å². The Labute approximate surface area is 110 Å². The van der Waals surface area contributed by atoms with Gasteiger partial charge in [0.2, 0.25) is 0 Å². The van der Waals surface area contributed by atoms with Gasteiger partial charge in [-0.1, -0.05) is 26.7 Å². The molecule has 0 aliphatic carbocycles. The van der Waals surface area contributed by atoms with Crippen LogP contribution in [0.15, 0.2) is 18.2 Å². The number of unbranched alkanes of at least 4 members (excludes halogenated alkanes) is 1. The highest BCUT2D eigenvalue weighted by Crippen LogP contribution is 2.11. The van der Waals surface area contributed by atoms with Gasteiger partial charge in [-0.15, -0.1) is 0 Å². The van der Waals surface area contributed by atoms with Gasteiger partial charge in [-0.2, -0.15) is 0 Å². The SMILES string of the molecule is Cc1cc(N)cc(C(=O)NCCCCC(C)C)c1. The highest BCUT2D eigenvalue weighted by molar-refractivity contribution is 5.95. The summed E-state index contributed by atoms with van der Waals surface area (Å²) >= 11 is 0. The van der Waals surface area contributed by atoms with Crippen LogP contribution in [0.3, 0.4) is 0 Å². The van der Waals surface area contributed by atoms with E-state index in [9.17, 15) is 4.79 Å². The van der Waals surface area contributed by atoms with Crippen molar-refractivity contribution in [2.75, 3.05) is 12.3 Å². The number of nitrogen functional groups attached to an aromatic ring is 1. The third-order valence-corrected chi connectivity index (χ3v) is 2.86. The summed E-state index contributed by atoms with van der Waals surface area (Å²) in [5.41, 5.74) is 8.03. The quantitative estimate of drug-likeness (QED) is 0.600. The van der Waals surface area contributed by atoms with E-state index < -0.39 is 0 Å². The zero-order valence-corrected chi connectivity index (χ0v) is 11.6. The molecule has 18 heavy (non-hydrogen) atoms. The van der Waals surface area contributed by atoms with Gasteiger partial charge in [-0.05, 0) is 43.0 Å². The van der Waals surface area contributed by atoms with E-state index in [4.69, 9.17) is 5.73 Å². The number of hydrogen-bond acceptors (Lipinski definition) is 2. The maximum absolute atomic E-state index is 11.9. The molecule has 3 heteroatoms. The van der Waals surface area contributed by atoms with Gasteiger partial charge in [-0.3, -0.25) is 4.79 Å². The zero-order chi connectivity index (χ0) is 13.5. The Bertz CT molecular complexity index is 379. The van der Waals surface area contributed by atoms with Crippen molar-refractivity contribution in [3.05, 3.63) is 29.3 Å². The molecular formula is C15H24N2O. The summed E-state index contributed by atoms with van der Waals surface area (Å²) in [6.07, 6.45) is 3.41. The second kappa shape index (κ2) is 7.04. The predicted octanol–water partition coefficient (Wildman–Crippen LogP) is 3.13. The number of rotatable bonds is 6. The number of aryl methyl sites for hydroxylation is 1. The van der Waals surface area contributed by atoms with Crippen molar-refractivity contribution in [3.8, 4) is 0 Å². The van der Waals surface area contributed by atoms with Crippen LogP contribution in [0, 0.1) is 12.8 Å². The van der Waals surface area contributed by atoms with Crippen molar-refractivity contribution in [1.82, 2.24) is 5.32 Å². The monoisotopic (exact) mass is 248 g/mol. The van der Waals surface area contributed by atoms with E-state index in [1.807, 2.05) is 19.1 Å². The number of nitrogens with two attached hydrogens (primary N) is 1. The summed E-state index contributed by atoms with van der Waals surface area (Å²) in [5, 5.41) is 2.93. The minimum Gasteiger partial charge on any atom is -0.399 e. The Morgan fingerprint density at radius 1 is 1.28 bits per heavy atom. The first kappa shape index (κ1) is 14.6. The number of nitrogens with one attached hydrogen (secondary N) is 1. The number of hydrogen-bond donors (Lipinski definition) is 2. The lowest BCUT2D eigenvalue weighted by molar-refractivity contribution is 0.0953. The first-order valence-corrected chi connectivity index (χ1v) is 6.64. The van der Waals surface area contributed by atoms with Gasteiger partial charge in [0.25, 0.3) is 5.91 Å². The lowest BCUT2D eigenvalue weighted by atomic mass is 10.1. The minimum atomic E-state index is -0.0325. The molecule has 0 aliphatic rings. The summed E-state index contributed by atoms with van der Waals surface area (Å²) in [5.74, 6) is 0.701. The van der Waals surface area contributed by atoms with Crippen molar-refractivity contribution in [2.24, 2.45) is 5.92 Å². The van der Waals surface area contributed by atoms with Crippen LogP contribution < -0.4 is 11.1 Å². The van der Waals surface area contributed by atoms with Crippen LogP contribution >= 0.6 is 0 Å². The average molecular weight is 248 g/mol. The molecule has 0 unspecified atom stereocenters. The van der Waals surface area contributed by atoms with Gasteiger partial charge < -0.3 is 11.1 Å². The smallest absolute Gasteiger partial charge is 0.251 e. The van der Waals surface area contributed by atoms with Crippen LogP contribution in [0.5, 0.6) is 0 Å². The topological polar surface area (TPSA) is 55.1 Å². The second-order valence-corrected chi connectivity index (χ2v) is 5.28. The van der Waals surface area contributed by atoms with E-state index in [0.717, 1.165) is 30.9 Å². The van der Waals surface area contributed by atoms with E-state index in [-0.39, 0.29) is 5.91 Å². The van der Waals surface area contributed by atoms with Gasteiger partial charge in [0.15, 0.2) is 0 Å². The fourth-order valence-corrected chi connectivity index (χ4v) is 1.93. The van der Waals surface area contributed by atoms with E-state index in [0.29, 0.717) is 11.3 Å². The van der Waals surface area contributed by atoms with Crippen LogP contribution in [0.25, 0.3) is 0 Å². The molecule has 3 N–H and O–H groups in total. The molecule has 3 nitrogen and oxygen atoms in total. The number of benzene rings is 1. The molecule has 1 aromatic carbocycles. The Balaban J connectivity index is 2.36. The Hall–Kier alpha value is -1.51. The molecular weight excluding hydrogens is 224 g/mol. The van der Waals surface area contributed by atoms with Crippen LogP contribution in [0.1, 0.15) is 49.0 Å². The standard InChI is InChI=1S/C15H24N2O/c1-11(2)6-4-5-7-17-15(18)13-8-12(3)9-14(16)10-13/h8-11H,4-7,16H2,1-3H3,(H,17,18). The van der Waals surface area contributed by atoms with E-state index >= 15 is 0 Å². The molecule has 0 spiro atoms. The normalized spacial score (nSPS) is 10.7. The highest BCUT2D eigenvalue weighted by atomic mass is 16.1. The number of anilines is 1. The maximum atomic E-state index is 11.9. The lowest BCUT2D eigenvalue weighted by Crippen LogP contribution is -2.24. The van der Waals surface area contributed by atoms with E-state index in [2.05, 4.69) is 19.2 Å². The number of carbonyl (C=O) groups is 1. The van der Waals surface area contributed by atoms with Gasteiger partial charge in [0.1, 0.15) is 0 Å². The summed E-state index contributed by atoms with van der Waals surface area (Å²) in [4.78, 5) is 11.9. The van der Waals surface area contributed by atoms with Gasteiger partial charge in [0, 0.05) is 17.8 Å². The summed E-state index contributed by atoms with van der Waals surface area (Å²) in [7, 11) is 0. The van der Waals surface area contributed by atoms with Crippen molar-refractivity contribution in [1.29, 1.82) is 0 Å². The minimum absolute atomic E-state index is 0.0325. The lowest BCUT2D eigenvalue weighted by Gasteiger charge is -2.08. The molecule has 0 saturated heterocycles. The van der Waals surface area contributed by atoms with Crippen LogP contribution in [-0.2, 0) is 0 Å².